The predicted molar refractivity (Wildman–Crippen MR) is 115 cm³/mol. The van der Waals surface area contributed by atoms with E-state index in [2.05, 4.69) is 21.5 Å². The van der Waals surface area contributed by atoms with Gasteiger partial charge >= 0.3 is 0 Å². The summed E-state index contributed by atoms with van der Waals surface area (Å²) in [6.07, 6.45) is 6.61. The first kappa shape index (κ1) is 22.8. The van der Waals surface area contributed by atoms with Crippen molar-refractivity contribution < 1.29 is 9.18 Å². The van der Waals surface area contributed by atoms with Crippen LogP contribution in [-0.2, 0) is 4.79 Å². The van der Waals surface area contributed by atoms with Crippen LogP contribution in [0, 0.1) is 11.8 Å². The lowest BCUT2D eigenvalue weighted by atomic mass is 9.83. The molecule has 1 aliphatic heterocycles. The van der Waals surface area contributed by atoms with Crippen molar-refractivity contribution in [3.05, 3.63) is 0 Å². The van der Waals surface area contributed by atoms with Crippen LogP contribution in [0.25, 0.3) is 0 Å². The highest BCUT2D eigenvalue weighted by Crippen LogP contribution is 2.32. The summed E-state index contributed by atoms with van der Waals surface area (Å²) in [5.41, 5.74) is 6.45. The summed E-state index contributed by atoms with van der Waals surface area (Å²) in [4.78, 5) is 17.5. The first-order valence-electron chi connectivity index (χ1n) is 11.2. The number of nitrogens with zero attached hydrogens (tertiary/aromatic N) is 1. The van der Waals surface area contributed by atoms with Gasteiger partial charge in [-0.05, 0) is 78.1 Å². The number of halogens is 2. The minimum Gasteiger partial charge on any atom is -0.351 e. The third-order valence-electron chi connectivity index (χ3n) is 6.23. The van der Waals surface area contributed by atoms with Gasteiger partial charge in [0, 0.05) is 29.3 Å². The third kappa shape index (κ3) is 7.07. The maximum absolute atomic E-state index is 13.4. The Labute approximate surface area is 179 Å². The second-order valence-corrected chi connectivity index (χ2v) is 10.6. The summed E-state index contributed by atoms with van der Waals surface area (Å²) in [5.74, 6) is 0.911. The highest BCUT2D eigenvalue weighted by Gasteiger charge is 2.33. The van der Waals surface area contributed by atoms with Crippen LogP contribution in [-0.4, -0.2) is 41.2 Å². The standard InChI is InChI=1S/C21H37ClFN5O/c1-21(2,3)26-20(25-19(29)14-6-10-16(23)11-7-14)24-18-12-17(27-28-18)13-4-8-15(22)9-5-13/h13-18,27-28H,4-12H2,1-3H3,(H2,24,25,26,29). The van der Waals surface area contributed by atoms with Crippen molar-refractivity contribution >= 4 is 23.5 Å². The van der Waals surface area contributed by atoms with E-state index >= 15 is 0 Å². The van der Waals surface area contributed by atoms with Crippen LogP contribution in [0.1, 0.15) is 78.6 Å². The zero-order valence-electron chi connectivity index (χ0n) is 17.9. The van der Waals surface area contributed by atoms with Crippen LogP contribution >= 0.6 is 11.6 Å². The van der Waals surface area contributed by atoms with Crippen molar-refractivity contribution in [2.75, 3.05) is 0 Å². The normalized spacial score (nSPS) is 36.7. The van der Waals surface area contributed by atoms with Gasteiger partial charge in [-0.1, -0.05) is 0 Å². The molecule has 2 atom stereocenters. The SMILES string of the molecule is CC(C)(C)N/C(=N\C1CC(C2CCC(Cl)CC2)NN1)NC(=O)C1CCC(F)CC1. The van der Waals surface area contributed by atoms with E-state index in [0.717, 1.165) is 32.1 Å². The van der Waals surface area contributed by atoms with Gasteiger partial charge < -0.3 is 5.32 Å². The number of hydrogen-bond donors (Lipinski definition) is 4. The van der Waals surface area contributed by atoms with Gasteiger partial charge in [-0.2, -0.15) is 0 Å². The number of aliphatic imine (C=N–C) groups is 1. The minimum atomic E-state index is -0.764. The first-order valence-corrected chi connectivity index (χ1v) is 11.6. The molecule has 166 valence electrons. The van der Waals surface area contributed by atoms with Crippen LogP contribution in [0.15, 0.2) is 4.99 Å². The fourth-order valence-electron chi connectivity index (χ4n) is 4.58. The van der Waals surface area contributed by atoms with E-state index < -0.39 is 6.17 Å². The molecular weight excluding hydrogens is 393 g/mol. The number of carbonyl (C=O) groups excluding carboxylic acids is 1. The van der Waals surface area contributed by atoms with Gasteiger partial charge in [0.25, 0.3) is 0 Å². The fourth-order valence-corrected chi connectivity index (χ4v) is 4.83. The topological polar surface area (TPSA) is 77.6 Å². The number of hydrazine groups is 1. The van der Waals surface area contributed by atoms with Gasteiger partial charge in [-0.3, -0.25) is 15.5 Å². The summed E-state index contributed by atoms with van der Waals surface area (Å²) in [5, 5.41) is 6.62. The Morgan fingerprint density at radius 3 is 2.31 bits per heavy atom. The van der Waals surface area contributed by atoms with Gasteiger partial charge in [0.15, 0.2) is 5.96 Å². The van der Waals surface area contributed by atoms with Crippen LogP contribution < -0.4 is 21.5 Å². The molecule has 0 radical (unpaired) electrons. The van der Waals surface area contributed by atoms with Crippen molar-refractivity contribution in [3.63, 3.8) is 0 Å². The molecule has 1 amide bonds. The third-order valence-corrected chi connectivity index (χ3v) is 6.67. The summed E-state index contributed by atoms with van der Waals surface area (Å²) in [6.45, 7) is 6.12. The molecule has 2 saturated carbocycles. The Kier molecular flexibility index (Phi) is 7.79. The predicted octanol–water partition coefficient (Wildman–Crippen LogP) is 3.37. The van der Waals surface area contributed by atoms with E-state index in [1.54, 1.807) is 0 Å². The molecule has 8 heteroatoms. The number of guanidine groups is 1. The van der Waals surface area contributed by atoms with Gasteiger partial charge in [-0.25, -0.2) is 14.8 Å². The van der Waals surface area contributed by atoms with Crippen LogP contribution in [0.5, 0.6) is 0 Å². The number of hydrogen-bond acceptors (Lipinski definition) is 4. The zero-order chi connectivity index (χ0) is 21.0. The fraction of sp³-hybridized carbons (Fsp3) is 0.905. The van der Waals surface area contributed by atoms with E-state index in [4.69, 9.17) is 16.6 Å². The van der Waals surface area contributed by atoms with E-state index in [0.29, 0.717) is 49.0 Å². The quantitative estimate of drug-likeness (QED) is 0.315. The van der Waals surface area contributed by atoms with Gasteiger partial charge in [0.1, 0.15) is 12.3 Å². The maximum atomic E-state index is 13.4. The molecule has 3 aliphatic rings. The molecule has 0 aromatic carbocycles. The average Bonchev–Trinajstić information content (AvgIpc) is 3.09. The van der Waals surface area contributed by atoms with Crippen LogP contribution in [0.3, 0.4) is 0 Å². The minimum absolute atomic E-state index is 0.0599. The Morgan fingerprint density at radius 2 is 1.69 bits per heavy atom. The molecule has 6 nitrogen and oxygen atoms in total. The Hall–Kier alpha value is -0.920. The van der Waals surface area contributed by atoms with Crippen molar-refractivity contribution in [1.29, 1.82) is 0 Å². The lowest BCUT2D eigenvalue weighted by Gasteiger charge is -2.29. The van der Waals surface area contributed by atoms with Gasteiger partial charge in [0.05, 0.1) is 0 Å². The van der Waals surface area contributed by atoms with Crippen molar-refractivity contribution in [2.45, 2.75) is 108 Å². The number of amides is 1. The molecule has 1 saturated heterocycles. The Bertz CT molecular complexity index is 580. The highest BCUT2D eigenvalue weighted by molar-refractivity contribution is 6.20. The van der Waals surface area contributed by atoms with E-state index in [1.807, 2.05) is 20.8 Å². The molecule has 0 spiro atoms. The Balaban J connectivity index is 1.59. The van der Waals surface area contributed by atoms with E-state index in [-0.39, 0.29) is 23.5 Å². The molecule has 29 heavy (non-hydrogen) atoms. The number of rotatable bonds is 3. The van der Waals surface area contributed by atoms with Crippen LogP contribution in [0.4, 0.5) is 4.39 Å². The molecule has 0 aromatic heterocycles. The van der Waals surface area contributed by atoms with Crippen molar-refractivity contribution in [1.82, 2.24) is 21.5 Å². The van der Waals surface area contributed by atoms with Gasteiger partial charge in [0.2, 0.25) is 5.91 Å². The molecular formula is C21H37ClFN5O. The summed E-state index contributed by atoms with van der Waals surface area (Å²) >= 11 is 6.24. The second-order valence-electron chi connectivity index (χ2n) is 9.95. The molecule has 3 rings (SSSR count). The molecule has 3 fully saturated rings. The van der Waals surface area contributed by atoms with Crippen LogP contribution in [0.2, 0.25) is 0 Å². The monoisotopic (exact) mass is 429 g/mol. The Morgan fingerprint density at radius 1 is 1.03 bits per heavy atom. The zero-order valence-corrected chi connectivity index (χ0v) is 18.7. The summed E-state index contributed by atoms with van der Waals surface area (Å²) in [7, 11) is 0. The largest absolute Gasteiger partial charge is 0.351 e. The molecule has 0 bridgehead atoms. The van der Waals surface area contributed by atoms with E-state index in [9.17, 15) is 9.18 Å². The molecule has 0 aromatic rings. The smallest absolute Gasteiger partial charge is 0.229 e. The molecule has 4 N–H and O–H groups in total. The molecule has 2 unspecified atom stereocenters. The second kappa shape index (κ2) is 9.92. The summed E-state index contributed by atoms with van der Waals surface area (Å²) < 4.78 is 13.4. The maximum Gasteiger partial charge on any atom is 0.229 e. The molecule has 2 aliphatic carbocycles. The van der Waals surface area contributed by atoms with E-state index in [1.165, 1.54) is 0 Å². The number of carbonyl (C=O) groups is 1. The number of nitrogens with one attached hydrogen (secondary N) is 4. The lowest BCUT2D eigenvalue weighted by Crippen LogP contribution is -2.52. The highest BCUT2D eigenvalue weighted by atomic mass is 35.5. The first-order chi connectivity index (χ1) is 13.7. The summed E-state index contributed by atoms with van der Waals surface area (Å²) in [6, 6.07) is 0.374. The lowest BCUT2D eigenvalue weighted by molar-refractivity contribution is -0.124. The molecule has 1 heterocycles. The van der Waals surface area contributed by atoms with Gasteiger partial charge in [-0.15, -0.1) is 11.6 Å². The average molecular weight is 430 g/mol. The van der Waals surface area contributed by atoms with Crippen molar-refractivity contribution in [3.8, 4) is 0 Å². The number of alkyl halides is 2. The van der Waals surface area contributed by atoms with Crippen molar-refractivity contribution in [2.24, 2.45) is 16.8 Å².